The zero-order valence-corrected chi connectivity index (χ0v) is 39.7. The number of aryl methyl sites for hydroxylation is 2. The van der Waals surface area contributed by atoms with E-state index in [0.717, 1.165) is 56.0 Å². The van der Waals surface area contributed by atoms with Gasteiger partial charge in [-0.2, -0.15) is 5.26 Å². The molecule has 61 heavy (non-hydrogen) atoms. The second-order valence-electron chi connectivity index (χ2n) is 17.1. The molecule has 0 amide bonds. The van der Waals surface area contributed by atoms with Crippen LogP contribution in [0.15, 0.2) is 60.2 Å². The van der Waals surface area contributed by atoms with Gasteiger partial charge in [-0.05, 0) is 90.6 Å². The van der Waals surface area contributed by atoms with Gasteiger partial charge >= 0.3 is 5.97 Å². The Balaban J connectivity index is 1.39. The van der Waals surface area contributed by atoms with E-state index in [9.17, 15) is 15.2 Å². The van der Waals surface area contributed by atoms with E-state index >= 15 is 0 Å². The highest BCUT2D eigenvalue weighted by Gasteiger charge is 2.42. The van der Waals surface area contributed by atoms with Crippen LogP contribution in [-0.2, 0) is 23.1 Å². The van der Waals surface area contributed by atoms with Crippen LogP contribution in [0, 0.1) is 11.3 Å². The van der Waals surface area contributed by atoms with E-state index in [-0.39, 0.29) is 11.0 Å². The molecule has 3 heterocycles. The maximum atomic E-state index is 11.6. The number of hydrogen-bond donors (Lipinski definition) is 1. The van der Waals surface area contributed by atoms with Crippen LogP contribution >= 0.6 is 34.0 Å². The van der Waals surface area contributed by atoms with Crippen molar-refractivity contribution in [3.05, 3.63) is 87.6 Å². The van der Waals surface area contributed by atoms with Crippen molar-refractivity contribution in [2.45, 2.75) is 174 Å². The number of nitriles is 1. The van der Waals surface area contributed by atoms with Crippen LogP contribution in [0.5, 0.6) is 0 Å². The van der Waals surface area contributed by atoms with Crippen LogP contribution in [0.2, 0.25) is 0 Å². The molecule has 3 aromatic heterocycles. The van der Waals surface area contributed by atoms with Gasteiger partial charge < -0.3 is 5.11 Å². The maximum absolute atomic E-state index is 11.6. The molecule has 0 bridgehead atoms. The summed E-state index contributed by atoms with van der Waals surface area (Å²) < 4.78 is 0. The van der Waals surface area contributed by atoms with E-state index in [0.29, 0.717) is 0 Å². The molecule has 0 fully saturated rings. The molecule has 1 N–H and O–H groups in total. The van der Waals surface area contributed by atoms with E-state index in [1.807, 2.05) is 23.5 Å². The monoisotopic (exact) mass is 873 g/mol. The second-order valence-corrected chi connectivity index (χ2v) is 20.2. The predicted octanol–water partition coefficient (Wildman–Crippen LogP) is 16.9. The first-order valence-corrected chi connectivity index (χ1v) is 26.0. The van der Waals surface area contributed by atoms with Crippen molar-refractivity contribution in [2.75, 3.05) is 0 Å². The van der Waals surface area contributed by atoms with Gasteiger partial charge in [0.15, 0.2) is 10.0 Å². The first kappa shape index (κ1) is 46.6. The van der Waals surface area contributed by atoms with Crippen LogP contribution < -0.4 is 0 Å². The minimum absolute atomic E-state index is 0.0302. The van der Waals surface area contributed by atoms with Crippen LogP contribution in [0.1, 0.15) is 184 Å². The molecule has 1 aliphatic carbocycles. The number of hydrogen-bond acceptors (Lipinski definition) is 7. The Labute approximate surface area is 378 Å². The average molecular weight is 874 g/mol. The zero-order valence-electron chi connectivity index (χ0n) is 37.3. The molecule has 2 aromatic carbocycles. The Morgan fingerprint density at radius 2 is 1.18 bits per heavy atom. The number of fused-ring (bicyclic) bond motifs is 3. The number of rotatable bonds is 27. The van der Waals surface area contributed by atoms with E-state index in [4.69, 9.17) is 9.97 Å². The van der Waals surface area contributed by atoms with Crippen molar-refractivity contribution in [1.82, 2.24) is 9.97 Å². The lowest BCUT2D eigenvalue weighted by Crippen LogP contribution is -2.25. The molecule has 0 saturated heterocycles. The summed E-state index contributed by atoms with van der Waals surface area (Å²) >= 11 is 5.06. The molecular weight excluding hydrogens is 807 g/mol. The number of benzene rings is 2. The lowest BCUT2D eigenvalue weighted by atomic mass is 9.70. The number of aromatic nitrogens is 2. The summed E-state index contributed by atoms with van der Waals surface area (Å²) in [6, 6.07) is 22.3. The molecule has 324 valence electrons. The molecule has 0 aliphatic heterocycles. The maximum Gasteiger partial charge on any atom is 0.346 e. The molecule has 1 aliphatic rings. The van der Waals surface area contributed by atoms with Crippen molar-refractivity contribution in [3.8, 4) is 47.4 Å². The van der Waals surface area contributed by atoms with E-state index in [1.54, 1.807) is 11.3 Å². The predicted molar refractivity (Wildman–Crippen MR) is 262 cm³/mol. The molecule has 0 saturated carbocycles. The van der Waals surface area contributed by atoms with Crippen LogP contribution in [0.3, 0.4) is 0 Å². The van der Waals surface area contributed by atoms with E-state index in [1.165, 1.54) is 171 Å². The molecular formula is C53H67N3O2S3. The summed E-state index contributed by atoms with van der Waals surface area (Å²) in [7, 11) is 0. The van der Waals surface area contributed by atoms with Gasteiger partial charge in [-0.15, -0.1) is 34.0 Å². The number of nitrogens with zero attached hydrogens (tertiary/aromatic N) is 3. The van der Waals surface area contributed by atoms with Gasteiger partial charge in [0.05, 0.1) is 21.1 Å². The lowest BCUT2D eigenvalue weighted by molar-refractivity contribution is -0.132. The second kappa shape index (κ2) is 23.5. The molecule has 6 rings (SSSR count). The number of thiophene rings is 1. The standard InChI is InChI=1S/C53H67N3O2S3/c1-5-9-13-15-17-19-21-27-45-48(38-29-31-42-41-25-23-24-26-43(41)53(33-11-7-3,34-12-8-4)44(42)36-38)60-50(55-45)51-56-46(28-22-20-18-16-14-10-6-2)49(61-51)47-32-30-40(59-47)35-39(37-54)52(57)58/h23-26,29-32,35-36H,5-22,27-28,33-34H2,1-4H3,(H,57,58)/b39-35+. The quantitative estimate of drug-likeness (QED) is 0.0323. The number of carboxylic acid groups (broad SMARTS) is 1. The number of aliphatic carboxylic acids is 1. The van der Waals surface area contributed by atoms with E-state index < -0.39 is 5.97 Å². The lowest BCUT2D eigenvalue weighted by Gasteiger charge is -2.33. The Kier molecular flexibility index (Phi) is 18.0. The first-order chi connectivity index (χ1) is 29.9. The first-order valence-electron chi connectivity index (χ1n) is 23.6. The Morgan fingerprint density at radius 3 is 1.77 bits per heavy atom. The topological polar surface area (TPSA) is 86.9 Å². The van der Waals surface area contributed by atoms with Gasteiger partial charge in [-0.1, -0.05) is 167 Å². The highest BCUT2D eigenvalue weighted by Crippen LogP contribution is 2.55. The minimum Gasteiger partial charge on any atom is -0.477 e. The van der Waals surface area contributed by atoms with Crippen molar-refractivity contribution < 1.29 is 9.90 Å². The highest BCUT2D eigenvalue weighted by atomic mass is 32.1. The number of unbranched alkanes of at least 4 members (excludes halogenated alkanes) is 14. The molecule has 5 aromatic rings. The van der Waals surface area contributed by atoms with Gasteiger partial charge in [-0.25, -0.2) is 14.8 Å². The summed E-state index contributed by atoms with van der Waals surface area (Å²) in [5.74, 6) is -1.20. The fraction of sp³-hybridized carbons (Fsp3) is 0.509. The Morgan fingerprint density at radius 1 is 0.639 bits per heavy atom. The Hall–Kier alpha value is -3.90. The van der Waals surface area contributed by atoms with Crippen LogP contribution in [-0.4, -0.2) is 21.0 Å². The average Bonchev–Trinajstić information content (AvgIpc) is 4.08. The highest BCUT2D eigenvalue weighted by molar-refractivity contribution is 7.27. The van der Waals surface area contributed by atoms with Gasteiger partial charge in [-0.3, -0.25) is 0 Å². The summed E-state index contributed by atoms with van der Waals surface area (Å²) in [5, 5.41) is 20.9. The van der Waals surface area contributed by atoms with Crippen molar-refractivity contribution in [2.24, 2.45) is 0 Å². The minimum atomic E-state index is -1.20. The molecule has 5 nitrogen and oxygen atoms in total. The number of carbonyl (C=O) groups is 1. The van der Waals surface area contributed by atoms with Crippen molar-refractivity contribution >= 4 is 46.1 Å². The third kappa shape index (κ3) is 11.6. The van der Waals surface area contributed by atoms with Crippen LogP contribution in [0.4, 0.5) is 0 Å². The largest absolute Gasteiger partial charge is 0.477 e. The fourth-order valence-electron chi connectivity index (χ4n) is 9.20. The molecule has 0 radical (unpaired) electrons. The van der Waals surface area contributed by atoms with Crippen molar-refractivity contribution in [1.29, 1.82) is 5.26 Å². The molecule has 0 spiro atoms. The molecule has 0 unspecified atom stereocenters. The smallest absolute Gasteiger partial charge is 0.346 e. The SMILES string of the molecule is CCCCCCCCCc1nc(-c2nc(CCCCCCCCC)c(-c3ccc(/C=C(\C#N)C(=O)O)s3)s2)sc1-c1ccc2c(c1)C(CCCC)(CCCC)c1ccccc1-2. The van der Waals surface area contributed by atoms with Gasteiger partial charge in [0.1, 0.15) is 11.6 Å². The summed E-state index contributed by atoms with van der Waals surface area (Å²) in [4.78, 5) is 26.8. The number of carboxylic acids is 1. The summed E-state index contributed by atoms with van der Waals surface area (Å²) in [5.41, 5.74) is 9.19. The Bertz CT molecular complexity index is 2240. The number of thiazole rings is 2. The zero-order chi connectivity index (χ0) is 43.0. The van der Waals surface area contributed by atoms with Crippen LogP contribution in [0.25, 0.3) is 47.4 Å². The van der Waals surface area contributed by atoms with Gasteiger partial charge in [0.25, 0.3) is 0 Å². The van der Waals surface area contributed by atoms with Gasteiger partial charge in [0, 0.05) is 15.2 Å². The normalized spacial score (nSPS) is 13.1. The van der Waals surface area contributed by atoms with E-state index in [2.05, 4.69) is 76.2 Å². The van der Waals surface area contributed by atoms with Crippen molar-refractivity contribution in [3.63, 3.8) is 0 Å². The molecule has 0 atom stereocenters. The third-order valence-corrected chi connectivity index (χ3v) is 16.1. The fourth-order valence-corrected chi connectivity index (χ4v) is 12.5. The summed E-state index contributed by atoms with van der Waals surface area (Å²) in [6.45, 7) is 9.19. The molecule has 8 heteroatoms. The third-order valence-electron chi connectivity index (χ3n) is 12.5. The summed E-state index contributed by atoms with van der Waals surface area (Å²) in [6.07, 6.45) is 28.0. The van der Waals surface area contributed by atoms with Gasteiger partial charge in [0.2, 0.25) is 0 Å².